The van der Waals surface area contributed by atoms with Gasteiger partial charge < -0.3 is 9.40 Å². The van der Waals surface area contributed by atoms with E-state index in [-0.39, 0.29) is 5.71 Å². The zero-order chi connectivity index (χ0) is 20.2. The molecule has 6 nitrogen and oxygen atoms in total. The SMILES string of the molecule is O=c1oc2ncccc2n1-c1ccc(-c2nc3ccc(C(F)(F)F)cc3[nH]2)cc1. The van der Waals surface area contributed by atoms with Gasteiger partial charge in [-0.2, -0.15) is 13.2 Å². The van der Waals surface area contributed by atoms with Crippen molar-refractivity contribution in [3.63, 3.8) is 0 Å². The zero-order valence-corrected chi connectivity index (χ0v) is 14.6. The number of benzene rings is 2. The molecule has 0 radical (unpaired) electrons. The number of imidazole rings is 1. The first-order valence-electron chi connectivity index (χ1n) is 8.54. The standard InChI is InChI=1S/C20H11F3N4O2/c21-20(22,23)12-5-8-14-15(10-12)26-17(25-14)11-3-6-13(7-4-11)27-16-2-1-9-24-18(16)29-19(27)28/h1-10H,(H,25,26). The third-order valence-electron chi connectivity index (χ3n) is 4.57. The Morgan fingerprint density at radius 2 is 1.83 bits per heavy atom. The molecule has 9 heteroatoms. The van der Waals surface area contributed by atoms with Crippen LogP contribution in [0.15, 0.2) is 70.0 Å². The van der Waals surface area contributed by atoms with Gasteiger partial charge in [0, 0.05) is 11.8 Å². The lowest BCUT2D eigenvalue weighted by atomic mass is 10.2. The summed E-state index contributed by atoms with van der Waals surface area (Å²) in [4.78, 5) is 23.4. The van der Waals surface area contributed by atoms with Crippen LogP contribution in [0.25, 0.3) is 39.3 Å². The van der Waals surface area contributed by atoms with Crippen LogP contribution in [0.5, 0.6) is 0 Å². The van der Waals surface area contributed by atoms with Gasteiger partial charge in [-0.1, -0.05) is 0 Å². The Kier molecular flexibility index (Phi) is 3.60. The highest BCUT2D eigenvalue weighted by atomic mass is 19.4. The fourth-order valence-electron chi connectivity index (χ4n) is 3.19. The van der Waals surface area contributed by atoms with E-state index in [4.69, 9.17) is 4.42 Å². The highest BCUT2D eigenvalue weighted by Gasteiger charge is 2.30. The van der Waals surface area contributed by atoms with Crippen LogP contribution in [-0.2, 0) is 6.18 Å². The highest BCUT2D eigenvalue weighted by molar-refractivity contribution is 5.80. The fourth-order valence-corrected chi connectivity index (χ4v) is 3.19. The van der Waals surface area contributed by atoms with Crippen molar-refractivity contribution in [3.05, 3.63) is 76.9 Å². The molecule has 0 aliphatic rings. The Hall–Kier alpha value is -3.88. The normalized spacial score (nSPS) is 12.1. The summed E-state index contributed by atoms with van der Waals surface area (Å²) in [5, 5.41) is 0. The van der Waals surface area contributed by atoms with Crippen molar-refractivity contribution < 1.29 is 17.6 Å². The molecule has 0 amide bonds. The minimum absolute atomic E-state index is 0.235. The predicted octanol–water partition coefficient (Wildman–Crippen LogP) is 4.54. The average Bonchev–Trinajstić information content (AvgIpc) is 3.27. The number of pyridine rings is 1. The third kappa shape index (κ3) is 2.87. The number of alkyl halides is 3. The molecule has 0 aliphatic carbocycles. The van der Waals surface area contributed by atoms with Gasteiger partial charge in [-0.25, -0.2) is 19.3 Å². The first kappa shape index (κ1) is 17.2. The van der Waals surface area contributed by atoms with Gasteiger partial charge in [0.1, 0.15) is 11.3 Å². The minimum Gasteiger partial charge on any atom is -0.388 e. The molecule has 1 N–H and O–H groups in total. The summed E-state index contributed by atoms with van der Waals surface area (Å²) in [5.41, 5.74) is 1.99. The summed E-state index contributed by atoms with van der Waals surface area (Å²) in [7, 11) is 0. The number of aromatic nitrogens is 4. The van der Waals surface area contributed by atoms with Crippen LogP contribution in [0.3, 0.4) is 0 Å². The molecule has 5 rings (SSSR count). The van der Waals surface area contributed by atoms with Crippen LogP contribution in [0, 0.1) is 0 Å². The molecular weight excluding hydrogens is 385 g/mol. The minimum atomic E-state index is -4.42. The topological polar surface area (TPSA) is 76.7 Å². The number of hydrogen-bond donors (Lipinski definition) is 1. The van der Waals surface area contributed by atoms with Crippen molar-refractivity contribution in [3.8, 4) is 17.1 Å². The van der Waals surface area contributed by atoms with Gasteiger partial charge >= 0.3 is 11.9 Å². The number of nitrogens with zero attached hydrogens (tertiary/aromatic N) is 3. The number of fused-ring (bicyclic) bond motifs is 2. The Balaban J connectivity index is 1.55. The molecule has 0 saturated carbocycles. The first-order valence-corrected chi connectivity index (χ1v) is 8.54. The number of H-pyrrole nitrogens is 1. The second-order valence-corrected chi connectivity index (χ2v) is 6.39. The molecule has 0 aliphatic heterocycles. The summed E-state index contributed by atoms with van der Waals surface area (Å²) in [6, 6.07) is 13.6. The molecular formula is C20H11F3N4O2. The lowest BCUT2D eigenvalue weighted by molar-refractivity contribution is -0.137. The van der Waals surface area contributed by atoms with Crippen LogP contribution in [-0.4, -0.2) is 19.5 Å². The summed E-state index contributed by atoms with van der Waals surface area (Å²) < 4.78 is 45.2. The van der Waals surface area contributed by atoms with Gasteiger partial charge in [-0.05, 0) is 54.6 Å². The van der Waals surface area contributed by atoms with E-state index in [2.05, 4.69) is 15.0 Å². The molecule has 29 heavy (non-hydrogen) atoms. The second-order valence-electron chi connectivity index (χ2n) is 6.39. The van der Waals surface area contributed by atoms with Crippen LogP contribution >= 0.6 is 0 Å². The average molecular weight is 396 g/mol. The Bertz CT molecular complexity index is 1410. The molecule has 3 heterocycles. The number of rotatable bonds is 2. The summed E-state index contributed by atoms with van der Waals surface area (Å²) in [6.45, 7) is 0. The molecule has 3 aromatic heterocycles. The van der Waals surface area contributed by atoms with E-state index in [9.17, 15) is 18.0 Å². The van der Waals surface area contributed by atoms with Crippen LogP contribution in [0.2, 0.25) is 0 Å². The summed E-state index contributed by atoms with van der Waals surface area (Å²) >= 11 is 0. The van der Waals surface area contributed by atoms with Gasteiger partial charge in [0.2, 0.25) is 5.71 Å². The molecule has 0 fully saturated rings. The van der Waals surface area contributed by atoms with E-state index in [0.29, 0.717) is 33.6 Å². The Morgan fingerprint density at radius 1 is 1.03 bits per heavy atom. The summed E-state index contributed by atoms with van der Waals surface area (Å²) in [6.07, 6.45) is -2.89. The van der Waals surface area contributed by atoms with Crippen molar-refractivity contribution in [1.82, 2.24) is 19.5 Å². The van der Waals surface area contributed by atoms with Crippen molar-refractivity contribution in [1.29, 1.82) is 0 Å². The van der Waals surface area contributed by atoms with Crippen LogP contribution in [0.4, 0.5) is 13.2 Å². The molecule has 0 bridgehead atoms. The number of nitrogens with one attached hydrogen (secondary N) is 1. The Labute approximate surface area is 160 Å². The van der Waals surface area contributed by atoms with Gasteiger partial charge in [0.15, 0.2) is 0 Å². The number of halogens is 3. The zero-order valence-electron chi connectivity index (χ0n) is 14.6. The van der Waals surface area contributed by atoms with E-state index in [0.717, 1.165) is 12.1 Å². The molecule has 0 unspecified atom stereocenters. The fraction of sp³-hybridized carbons (Fsp3) is 0.0500. The van der Waals surface area contributed by atoms with E-state index in [1.807, 2.05) is 0 Å². The van der Waals surface area contributed by atoms with Gasteiger partial charge in [0.25, 0.3) is 0 Å². The van der Waals surface area contributed by atoms with Crippen LogP contribution in [0.1, 0.15) is 5.56 Å². The maximum absolute atomic E-state index is 12.9. The third-order valence-corrected chi connectivity index (χ3v) is 4.57. The van der Waals surface area contributed by atoms with Crippen molar-refractivity contribution in [2.45, 2.75) is 6.18 Å². The van der Waals surface area contributed by atoms with E-state index in [1.54, 1.807) is 36.4 Å². The molecule has 0 atom stereocenters. The van der Waals surface area contributed by atoms with Crippen molar-refractivity contribution >= 4 is 22.3 Å². The predicted molar refractivity (Wildman–Crippen MR) is 99.7 cm³/mol. The first-order chi connectivity index (χ1) is 13.9. The largest absolute Gasteiger partial charge is 0.426 e. The van der Waals surface area contributed by atoms with Crippen molar-refractivity contribution in [2.24, 2.45) is 0 Å². The second kappa shape index (κ2) is 6.06. The highest BCUT2D eigenvalue weighted by Crippen LogP contribution is 2.31. The Morgan fingerprint density at radius 3 is 2.59 bits per heavy atom. The van der Waals surface area contributed by atoms with Crippen molar-refractivity contribution in [2.75, 3.05) is 0 Å². The smallest absolute Gasteiger partial charge is 0.388 e. The van der Waals surface area contributed by atoms with Crippen LogP contribution < -0.4 is 5.76 Å². The van der Waals surface area contributed by atoms with E-state index >= 15 is 0 Å². The lowest BCUT2D eigenvalue weighted by Gasteiger charge is -2.05. The molecule has 0 spiro atoms. The number of oxazole rings is 1. The van der Waals surface area contributed by atoms with Gasteiger partial charge in [-0.3, -0.25) is 0 Å². The number of aromatic amines is 1. The number of hydrogen-bond acceptors (Lipinski definition) is 4. The van der Waals surface area contributed by atoms with Gasteiger partial charge in [-0.15, -0.1) is 0 Å². The summed E-state index contributed by atoms with van der Waals surface area (Å²) in [5.74, 6) is -0.133. The maximum atomic E-state index is 12.9. The molecule has 0 saturated heterocycles. The van der Waals surface area contributed by atoms with E-state index in [1.165, 1.54) is 16.8 Å². The quantitative estimate of drug-likeness (QED) is 0.475. The molecule has 5 aromatic rings. The van der Waals surface area contributed by atoms with E-state index < -0.39 is 17.5 Å². The molecule has 144 valence electrons. The maximum Gasteiger partial charge on any atom is 0.426 e. The monoisotopic (exact) mass is 396 g/mol. The molecule has 2 aromatic carbocycles. The van der Waals surface area contributed by atoms with Gasteiger partial charge in [0.05, 0.1) is 22.3 Å². The lowest BCUT2D eigenvalue weighted by Crippen LogP contribution is -2.11.